The van der Waals surface area contributed by atoms with Gasteiger partial charge in [0, 0.05) is 19.6 Å². The standard InChI is InChI=1S/C19H23N3O2S.ClH/c1-12(2)17(22-18(23)16-4-3-7-25-16)19(24)21-9-13-5-6-14-10-20-11-15(14)8-13;/h3-8,12,17,20H,9-11H2,1-2H3,(H,21,24)(H,22,23);1H. The molecular formula is C19H24ClN3O2S. The van der Waals surface area contributed by atoms with Crippen LogP contribution in [0.1, 0.15) is 40.2 Å². The van der Waals surface area contributed by atoms with E-state index < -0.39 is 6.04 Å². The average Bonchev–Trinajstić information content (AvgIpc) is 3.27. The predicted molar refractivity (Wildman–Crippen MR) is 106 cm³/mol. The highest BCUT2D eigenvalue weighted by molar-refractivity contribution is 7.12. The Morgan fingerprint density at radius 2 is 1.96 bits per heavy atom. The highest BCUT2D eigenvalue weighted by Crippen LogP contribution is 2.17. The summed E-state index contributed by atoms with van der Waals surface area (Å²) in [5.74, 6) is -0.348. The lowest BCUT2D eigenvalue weighted by molar-refractivity contribution is -0.124. The van der Waals surface area contributed by atoms with Crippen molar-refractivity contribution in [3.8, 4) is 0 Å². The Morgan fingerprint density at radius 1 is 1.19 bits per heavy atom. The van der Waals surface area contributed by atoms with Crippen LogP contribution in [-0.2, 0) is 24.4 Å². The summed E-state index contributed by atoms with van der Waals surface area (Å²) in [5, 5.41) is 11.0. The highest BCUT2D eigenvalue weighted by atomic mass is 35.5. The molecule has 0 bridgehead atoms. The van der Waals surface area contributed by atoms with Gasteiger partial charge in [0.15, 0.2) is 0 Å². The topological polar surface area (TPSA) is 70.2 Å². The minimum Gasteiger partial charge on any atom is -0.350 e. The molecule has 26 heavy (non-hydrogen) atoms. The monoisotopic (exact) mass is 393 g/mol. The van der Waals surface area contributed by atoms with Gasteiger partial charge in [0.05, 0.1) is 4.88 Å². The molecule has 2 amide bonds. The van der Waals surface area contributed by atoms with E-state index in [0.29, 0.717) is 11.4 Å². The van der Waals surface area contributed by atoms with Gasteiger partial charge in [-0.1, -0.05) is 38.1 Å². The number of fused-ring (bicyclic) bond motifs is 1. The zero-order valence-electron chi connectivity index (χ0n) is 14.9. The molecule has 1 aliphatic rings. The third kappa shape index (κ3) is 4.84. The number of halogens is 1. The minimum atomic E-state index is -0.550. The molecule has 3 rings (SSSR count). The molecule has 1 aliphatic heterocycles. The first kappa shape index (κ1) is 20.4. The van der Waals surface area contributed by atoms with Crippen molar-refractivity contribution in [3.63, 3.8) is 0 Å². The number of nitrogens with one attached hydrogen (secondary N) is 3. The molecule has 1 aromatic heterocycles. The molecule has 0 saturated carbocycles. The maximum absolute atomic E-state index is 12.6. The van der Waals surface area contributed by atoms with Crippen molar-refractivity contribution in [2.75, 3.05) is 0 Å². The minimum absolute atomic E-state index is 0. The number of hydrogen-bond donors (Lipinski definition) is 3. The molecule has 1 aromatic carbocycles. The summed E-state index contributed by atoms with van der Waals surface area (Å²) in [4.78, 5) is 25.4. The number of hydrogen-bond acceptors (Lipinski definition) is 4. The van der Waals surface area contributed by atoms with E-state index in [0.717, 1.165) is 18.7 Å². The molecule has 0 fully saturated rings. The van der Waals surface area contributed by atoms with Crippen LogP contribution >= 0.6 is 23.7 Å². The molecule has 2 aromatic rings. The van der Waals surface area contributed by atoms with Crippen molar-refractivity contribution >= 4 is 35.6 Å². The maximum atomic E-state index is 12.6. The van der Waals surface area contributed by atoms with Crippen LogP contribution in [0.2, 0.25) is 0 Å². The first-order valence-electron chi connectivity index (χ1n) is 8.48. The van der Waals surface area contributed by atoms with Gasteiger partial charge in [-0.25, -0.2) is 0 Å². The summed E-state index contributed by atoms with van der Waals surface area (Å²) in [6.45, 7) is 6.11. The van der Waals surface area contributed by atoms with Crippen molar-refractivity contribution in [2.24, 2.45) is 5.92 Å². The van der Waals surface area contributed by atoms with Crippen LogP contribution in [-0.4, -0.2) is 17.9 Å². The van der Waals surface area contributed by atoms with Gasteiger partial charge < -0.3 is 16.0 Å². The second-order valence-electron chi connectivity index (χ2n) is 6.60. The number of thiophene rings is 1. The molecule has 0 aliphatic carbocycles. The molecule has 3 N–H and O–H groups in total. The van der Waals surface area contributed by atoms with Crippen molar-refractivity contribution in [1.29, 1.82) is 0 Å². The Balaban J connectivity index is 0.00000243. The number of benzene rings is 1. The smallest absolute Gasteiger partial charge is 0.262 e. The second-order valence-corrected chi connectivity index (χ2v) is 7.54. The van der Waals surface area contributed by atoms with E-state index in [9.17, 15) is 9.59 Å². The predicted octanol–water partition coefficient (Wildman–Crippen LogP) is 2.84. The normalized spacial score (nSPS) is 13.7. The molecular weight excluding hydrogens is 370 g/mol. The average molecular weight is 394 g/mol. The Hall–Kier alpha value is -1.89. The summed E-state index contributed by atoms with van der Waals surface area (Å²) >= 11 is 1.37. The van der Waals surface area contributed by atoms with Crippen LogP contribution in [0.15, 0.2) is 35.7 Å². The molecule has 0 saturated heterocycles. The maximum Gasteiger partial charge on any atom is 0.262 e. The fraction of sp³-hybridized carbons (Fsp3) is 0.368. The Labute approximate surface area is 164 Å². The van der Waals surface area contributed by atoms with Crippen LogP contribution in [0.5, 0.6) is 0 Å². The van der Waals surface area contributed by atoms with Crippen LogP contribution < -0.4 is 16.0 Å². The molecule has 7 heteroatoms. The van der Waals surface area contributed by atoms with Crippen LogP contribution in [0.25, 0.3) is 0 Å². The zero-order valence-corrected chi connectivity index (χ0v) is 16.5. The quantitative estimate of drug-likeness (QED) is 0.706. The Bertz CT molecular complexity index is 762. The largest absolute Gasteiger partial charge is 0.350 e. The second kappa shape index (κ2) is 9.16. The van der Waals surface area contributed by atoms with Crippen molar-refractivity contribution < 1.29 is 9.59 Å². The fourth-order valence-corrected chi connectivity index (χ4v) is 3.54. The third-order valence-electron chi connectivity index (χ3n) is 4.35. The zero-order chi connectivity index (χ0) is 17.8. The van der Waals surface area contributed by atoms with E-state index in [-0.39, 0.29) is 30.1 Å². The van der Waals surface area contributed by atoms with E-state index in [1.54, 1.807) is 6.07 Å². The summed E-state index contributed by atoms with van der Waals surface area (Å²) in [7, 11) is 0. The van der Waals surface area contributed by atoms with Crippen LogP contribution in [0.4, 0.5) is 0 Å². The summed E-state index contributed by atoms with van der Waals surface area (Å²) in [6.07, 6.45) is 0. The van der Waals surface area contributed by atoms with Gasteiger partial charge in [0.1, 0.15) is 6.04 Å². The first-order chi connectivity index (χ1) is 12.0. The molecule has 1 atom stereocenters. The summed E-state index contributed by atoms with van der Waals surface area (Å²) in [6, 6.07) is 9.31. The van der Waals surface area contributed by atoms with Crippen molar-refractivity contribution in [1.82, 2.24) is 16.0 Å². The van der Waals surface area contributed by atoms with Crippen LogP contribution in [0, 0.1) is 5.92 Å². The molecule has 1 unspecified atom stereocenters. The SMILES string of the molecule is CC(C)C(NC(=O)c1cccs1)C(=O)NCc1ccc2c(c1)CNC2.Cl. The molecule has 0 spiro atoms. The van der Waals surface area contributed by atoms with E-state index in [1.807, 2.05) is 31.4 Å². The van der Waals surface area contributed by atoms with Gasteiger partial charge in [-0.15, -0.1) is 23.7 Å². The Morgan fingerprint density at radius 3 is 2.65 bits per heavy atom. The summed E-state index contributed by atoms with van der Waals surface area (Å²) < 4.78 is 0. The number of rotatable bonds is 6. The van der Waals surface area contributed by atoms with Crippen molar-refractivity contribution in [3.05, 3.63) is 57.3 Å². The lowest BCUT2D eigenvalue weighted by Gasteiger charge is -2.21. The van der Waals surface area contributed by atoms with Gasteiger partial charge in [-0.05, 0) is 34.1 Å². The van der Waals surface area contributed by atoms with E-state index >= 15 is 0 Å². The lowest BCUT2D eigenvalue weighted by atomic mass is 10.0. The number of carbonyl (C=O) groups excluding carboxylic acids is 2. The van der Waals surface area contributed by atoms with Gasteiger partial charge in [-0.3, -0.25) is 9.59 Å². The van der Waals surface area contributed by atoms with Gasteiger partial charge in [0.25, 0.3) is 5.91 Å². The molecule has 2 heterocycles. The van der Waals surface area contributed by atoms with Gasteiger partial charge in [-0.2, -0.15) is 0 Å². The first-order valence-corrected chi connectivity index (χ1v) is 9.36. The molecule has 5 nitrogen and oxygen atoms in total. The van der Waals surface area contributed by atoms with E-state index in [4.69, 9.17) is 0 Å². The molecule has 140 valence electrons. The number of amides is 2. The molecule has 0 radical (unpaired) electrons. The lowest BCUT2D eigenvalue weighted by Crippen LogP contribution is -2.49. The van der Waals surface area contributed by atoms with Gasteiger partial charge >= 0.3 is 0 Å². The Kier molecular flexibility index (Phi) is 7.20. The van der Waals surface area contributed by atoms with Crippen molar-refractivity contribution in [2.45, 2.75) is 39.5 Å². The summed E-state index contributed by atoms with van der Waals surface area (Å²) in [5.41, 5.74) is 3.68. The highest BCUT2D eigenvalue weighted by Gasteiger charge is 2.24. The van der Waals surface area contributed by atoms with E-state index in [1.165, 1.54) is 22.5 Å². The number of carbonyl (C=O) groups is 2. The third-order valence-corrected chi connectivity index (χ3v) is 5.22. The van der Waals surface area contributed by atoms with Gasteiger partial charge in [0.2, 0.25) is 5.91 Å². The van der Waals surface area contributed by atoms with E-state index in [2.05, 4.69) is 28.1 Å². The van der Waals surface area contributed by atoms with Crippen LogP contribution in [0.3, 0.4) is 0 Å². The fourth-order valence-electron chi connectivity index (χ4n) is 2.91.